The number of carbonyl (C=O) groups excluding carboxylic acids is 1. The Hall–Kier alpha value is -1.89. The Balaban J connectivity index is 2.03. The van der Waals surface area contributed by atoms with E-state index in [0.29, 0.717) is 13.1 Å². The van der Waals surface area contributed by atoms with Crippen molar-refractivity contribution in [1.29, 1.82) is 0 Å². The molecule has 1 aromatic heterocycles. The average molecular weight is 293 g/mol. The van der Waals surface area contributed by atoms with Crippen LogP contribution in [0.15, 0.2) is 17.2 Å². The minimum absolute atomic E-state index is 0.0103. The first-order valence-corrected chi connectivity index (χ1v) is 7.20. The fourth-order valence-electron chi connectivity index (χ4n) is 2.25. The highest BCUT2D eigenvalue weighted by Gasteiger charge is 2.19. The normalized spacial score (nSPS) is 15.9. The van der Waals surface area contributed by atoms with E-state index < -0.39 is 0 Å². The first-order valence-electron chi connectivity index (χ1n) is 7.20. The van der Waals surface area contributed by atoms with Crippen LogP contribution in [0.2, 0.25) is 0 Å². The number of aromatic nitrogens is 2. The third-order valence-electron chi connectivity index (χ3n) is 3.44. The van der Waals surface area contributed by atoms with Crippen molar-refractivity contribution in [2.45, 2.75) is 26.3 Å². The summed E-state index contributed by atoms with van der Waals surface area (Å²) in [6, 6.07) is 0. The lowest BCUT2D eigenvalue weighted by Gasteiger charge is -2.27. The highest BCUT2D eigenvalue weighted by atomic mass is 16.2. The summed E-state index contributed by atoms with van der Waals surface area (Å²) in [4.78, 5) is 30.2. The molecule has 0 saturated carbocycles. The van der Waals surface area contributed by atoms with E-state index in [0.717, 1.165) is 13.1 Å². The lowest BCUT2D eigenvalue weighted by Crippen LogP contribution is -2.48. The number of hydrogen-bond donors (Lipinski definition) is 2. The van der Waals surface area contributed by atoms with Crippen molar-refractivity contribution < 1.29 is 4.79 Å². The number of amides is 1. The van der Waals surface area contributed by atoms with E-state index in [-0.39, 0.29) is 29.4 Å². The van der Waals surface area contributed by atoms with E-state index in [1.807, 2.05) is 20.8 Å². The second kappa shape index (κ2) is 6.26. The Labute approximate surface area is 124 Å². The molecule has 7 heteroatoms. The monoisotopic (exact) mass is 293 g/mol. The Kier molecular flexibility index (Phi) is 4.62. The standard InChI is InChI=1S/C14H23N5O2/c1-14(2,3)19-9-6-16-12(13(19)21)17-10-11(20)18-7-4-15-5-8-18/h6,9,15H,4-5,7-8,10H2,1-3H3,(H,16,17). The van der Waals surface area contributed by atoms with Crippen LogP contribution >= 0.6 is 0 Å². The van der Waals surface area contributed by atoms with Crippen molar-refractivity contribution in [3.63, 3.8) is 0 Å². The highest BCUT2D eigenvalue weighted by molar-refractivity contribution is 5.80. The Bertz CT molecular complexity index is 555. The van der Waals surface area contributed by atoms with Crippen molar-refractivity contribution in [1.82, 2.24) is 19.8 Å². The molecule has 0 radical (unpaired) electrons. The zero-order valence-corrected chi connectivity index (χ0v) is 12.8. The summed E-state index contributed by atoms with van der Waals surface area (Å²) in [5, 5.41) is 6.06. The quantitative estimate of drug-likeness (QED) is 0.810. The molecule has 0 aromatic carbocycles. The molecule has 0 spiro atoms. The molecule has 0 unspecified atom stereocenters. The van der Waals surface area contributed by atoms with Gasteiger partial charge in [0, 0.05) is 44.1 Å². The van der Waals surface area contributed by atoms with E-state index in [1.165, 1.54) is 0 Å². The average Bonchev–Trinajstić information content (AvgIpc) is 2.45. The number of hydrogen-bond acceptors (Lipinski definition) is 5. The van der Waals surface area contributed by atoms with Gasteiger partial charge in [-0.25, -0.2) is 4.98 Å². The number of carbonyl (C=O) groups is 1. The second-order valence-corrected chi connectivity index (χ2v) is 6.11. The SMILES string of the molecule is CC(C)(C)n1ccnc(NCC(=O)N2CCNCC2)c1=O. The number of anilines is 1. The zero-order valence-electron chi connectivity index (χ0n) is 12.8. The van der Waals surface area contributed by atoms with Crippen LogP contribution in [0.3, 0.4) is 0 Å². The lowest BCUT2D eigenvalue weighted by molar-refractivity contribution is -0.129. The summed E-state index contributed by atoms with van der Waals surface area (Å²) in [6.07, 6.45) is 3.23. The summed E-state index contributed by atoms with van der Waals surface area (Å²) < 4.78 is 1.61. The third kappa shape index (κ3) is 3.81. The molecule has 116 valence electrons. The largest absolute Gasteiger partial charge is 0.356 e. The van der Waals surface area contributed by atoms with Gasteiger partial charge in [-0.2, -0.15) is 0 Å². The van der Waals surface area contributed by atoms with E-state index in [1.54, 1.807) is 21.9 Å². The molecule has 2 N–H and O–H groups in total. The van der Waals surface area contributed by atoms with Crippen LogP contribution in [-0.4, -0.2) is 53.1 Å². The van der Waals surface area contributed by atoms with Gasteiger partial charge in [0.25, 0.3) is 5.56 Å². The summed E-state index contributed by atoms with van der Waals surface area (Å²) in [5.41, 5.74) is -0.531. The van der Waals surface area contributed by atoms with Gasteiger partial charge in [-0.3, -0.25) is 9.59 Å². The molecular formula is C14H23N5O2. The van der Waals surface area contributed by atoms with Gasteiger partial charge in [0.1, 0.15) is 0 Å². The van der Waals surface area contributed by atoms with Crippen molar-refractivity contribution in [2.24, 2.45) is 0 Å². The molecule has 2 rings (SSSR count). The van der Waals surface area contributed by atoms with Crippen LogP contribution in [0.25, 0.3) is 0 Å². The van der Waals surface area contributed by atoms with Gasteiger partial charge in [0.15, 0.2) is 5.82 Å². The fourth-order valence-corrected chi connectivity index (χ4v) is 2.25. The molecule has 1 aliphatic rings. The van der Waals surface area contributed by atoms with Crippen molar-refractivity contribution >= 4 is 11.7 Å². The summed E-state index contributed by atoms with van der Waals surface area (Å²) in [6.45, 7) is 8.97. The molecule has 2 heterocycles. The maximum Gasteiger partial charge on any atom is 0.293 e. The molecule has 7 nitrogen and oxygen atoms in total. The van der Waals surface area contributed by atoms with Gasteiger partial charge in [0.05, 0.1) is 6.54 Å². The second-order valence-electron chi connectivity index (χ2n) is 6.11. The molecule has 21 heavy (non-hydrogen) atoms. The van der Waals surface area contributed by atoms with Gasteiger partial charge < -0.3 is 20.1 Å². The minimum atomic E-state index is -0.320. The molecule has 1 saturated heterocycles. The van der Waals surface area contributed by atoms with Gasteiger partial charge >= 0.3 is 0 Å². The molecule has 0 atom stereocenters. The van der Waals surface area contributed by atoms with Crippen LogP contribution in [0, 0.1) is 0 Å². The van der Waals surface area contributed by atoms with Crippen LogP contribution in [0.1, 0.15) is 20.8 Å². The van der Waals surface area contributed by atoms with Crippen LogP contribution in [0.5, 0.6) is 0 Å². The van der Waals surface area contributed by atoms with Crippen LogP contribution in [-0.2, 0) is 10.3 Å². The number of nitrogens with one attached hydrogen (secondary N) is 2. The fraction of sp³-hybridized carbons (Fsp3) is 0.643. The Morgan fingerprint density at radius 1 is 1.38 bits per heavy atom. The highest BCUT2D eigenvalue weighted by Crippen LogP contribution is 2.10. The maximum atomic E-state index is 12.3. The topological polar surface area (TPSA) is 79.3 Å². The van der Waals surface area contributed by atoms with Crippen LogP contribution in [0.4, 0.5) is 5.82 Å². The van der Waals surface area contributed by atoms with Crippen LogP contribution < -0.4 is 16.2 Å². The van der Waals surface area contributed by atoms with E-state index in [2.05, 4.69) is 15.6 Å². The zero-order chi connectivity index (χ0) is 15.5. The smallest absolute Gasteiger partial charge is 0.293 e. The van der Waals surface area contributed by atoms with E-state index >= 15 is 0 Å². The molecule has 1 aromatic rings. The van der Waals surface area contributed by atoms with Crippen molar-refractivity contribution in [3.8, 4) is 0 Å². The third-order valence-corrected chi connectivity index (χ3v) is 3.44. The Morgan fingerprint density at radius 3 is 2.67 bits per heavy atom. The van der Waals surface area contributed by atoms with Gasteiger partial charge in [-0.1, -0.05) is 0 Å². The number of piperazine rings is 1. The van der Waals surface area contributed by atoms with Gasteiger partial charge in [-0.15, -0.1) is 0 Å². The molecule has 0 aliphatic carbocycles. The predicted molar refractivity (Wildman–Crippen MR) is 81.4 cm³/mol. The molecule has 1 fully saturated rings. The molecule has 1 amide bonds. The number of nitrogens with zero attached hydrogens (tertiary/aromatic N) is 3. The van der Waals surface area contributed by atoms with Gasteiger partial charge in [-0.05, 0) is 20.8 Å². The summed E-state index contributed by atoms with van der Waals surface area (Å²) in [5.74, 6) is 0.208. The minimum Gasteiger partial charge on any atom is -0.356 e. The van der Waals surface area contributed by atoms with E-state index in [4.69, 9.17) is 0 Å². The van der Waals surface area contributed by atoms with Gasteiger partial charge in [0.2, 0.25) is 5.91 Å². The molecule has 1 aliphatic heterocycles. The first kappa shape index (κ1) is 15.5. The Morgan fingerprint density at radius 2 is 2.05 bits per heavy atom. The lowest BCUT2D eigenvalue weighted by atomic mass is 10.1. The summed E-state index contributed by atoms with van der Waals surface area (Å²) >= 11 is 0. The van der Waals surface area contributed by atoms with E-state index in [9.17, 15) is 9.59 Å². The van der Waals surface area contributed by atoms with Crippen molar-refractivity contribution in [2.75, 3.05) is 38.0 Å². The number of rotatable bonds is 3. The molecule has 0 bridgehead atoms. The first-order chi connectivity index (χ1) is 9.89. The van der Waals surface area contributed by atoms with Crippen molar-refractivity contribution in [3.05, 3.63) is 22.7 Å². The summed E-state index contributed by atoms with van der Waals surface area (Å²) in [7, 11) is 0. The molecular weight excluding hydrogens is 270 g/mol. The predicted octanol–water partition coefficient (Wildman–Crippen LogP) is -0.158. The maximum absolute atomic E-state index is 12.3.